The van der Waals surface area contributed by atoms with Crippen molar-refractivity contribution in [3.63, 3.8) is 0 Å². The van der Waals surface area contributed by atoms with E-state index in [9.17, 15) is 4.79 Å². The van der Waals surface area contributed by atoms with E-state index in [2.05, 4.69) is 29.5 Å². The van der Waals surface area contributed by atoms with E-state index in [1.54, 1.807) is 0 Å². The van der Waals surface area contributed by atoms with Crippen LogP contribution < -0.4 is 16.4 Å². The third kappa shape index (κ3) is 5.43. The summed E-state index contributed by atoms with van der Waals surface area (Å²) in [5.74, 6) is 0.0195. The Labute approximate surface area is 143 Å². The van der Waals surface area contributed by atoms with E-state index < -0.39 is 0 Å². The van der Waals surface area contributed by atoms with Crippen LogP contribution in [0.15, 0.2) is 53.5 Å². The molecule has 0 fully saturated rings. The van der Waals surface area contributed by atoms with Crippen LogP contribution in [0.2, 0.25) is 0 Å². The van der Waals surface area contributed by atoms with Gasteiger partial charge >= 0.3 is 0 Å². The third-order valence-corrected chi connectivity index (χ3v) is 3.65. The number of hydrogen-bond acceptors (Lipinski definition) is 2. The van der Waals surface area contributed by atoms with Crippen molar-refractivity contribution in [1.29, 1.82) is 0 Å². The predicted molar refractivity (Wildman–Crippen MR) is 100 cm³/mol. The van der Waals surface area contributed by atoms with Gasteiger partial charge in [0.15, 0.2) is 5.96 Å². The molecule has 0 aliphatic rings. The third-order valence-electron chi connectivity index (χ3n) is 3.65. The monoisotopic (exact) mass is 324 g/mol. The molecule has 0 atom stereocenters. The Kier molecular flexibility index (Phi) is 6.37. The van der Waals surface area contributed by atoms with Gasteiger partial charge in [0.25, 0.3) is 0 Å². The van der Waals surface area contributed by atoms with Crippen LogP contribution in [0.25, 0.3) is 0 Å². The number of carbonyl (C=O) groups is 1. The van der Waals surface area contributed by atoms with Crippen molar-refractivity contribution in [2.75, 3.05) is 17.2 Å². The summed E-state index contributed by atoms with van der Waals surface area (Å²) < 4.78 is 0. The Hall–Kier alpha value is -2.82. The predicted octanol–water partition coefficient (Wildman–Crippen LogP) is 3.18. The molecule has 0 aromatic heterocycles. The zero-order valence-corrected chi connectivity index (χ0v) is 14.2. The molecule has 1 amide bonds. The van der Waals surface area contributed by atoms with Crippen LogP contribution in [-0.4, -0.2) is 18.4 Å². The number of anilines is 2. The number of carbonyl (C=O) groups excluding carboxylic acids is 1. The lowest BCUT2D eigenvalue weighted by Crippen LogP contribution is -2.25. The second-order valence-corrected chi connectivity index (χ2v) is 5.48. The highest BCUT2D eigenvalue weighted by molar-refractivity contribution is 5.97. The van der Waals surface area contributed by atoms with Crippen molar-refractivity contribution in [3.8, 4) is 0 Å². The summed E-state index contributed by atoms with van der Waals surface area (Å²) in [6.45, 7) is 4.15. The molecule has 0 radical (unpaired) electrons. The molecule has 2 aromatic carbocycles. The lowest BCUT2D eigenvalue weighted by atomic mass is 10.1. The largest absolute Gasteiger partial charge is 0.370 e. The molecule has 5 heteroatoms. The minimum absolute atomic E-state index is 0.0256. The molecule has 0 heterocycles. The second-order valence-electron chi connectivity index (χ2n) is 5.48. The van der Waals surface area contributed by atoms with E-state index in [-0.39, 0.29) is 18.4 Å². The van der Waals surface area contributed by atoms with Gasteiger partial charge < -0.3 is 16.4 Å². The lowest BCUT2D eigenvalue weighted by Gasteiger charge is -2.07. The van der Waals surface area contributed by atoms with E-state index in [0.717, 1.165) is 24.2 Å². The number of nitrogens with zero attached hydrogens (tertiary/aromatic N) is 1. The molecule has 2 aromatic rings. The standard InChI is InChI=1S/C19H24N4O/c1-3-14-8-10-16(11-9-14)23-19(20)21-13-18(24)22-17-7-5-6-15(4-2)12-17/h5-12H,3-4,13H2,1-2H3,(H,22,24)(H3,20,21,23). The molecule has 0 aliphatic carbocycles. The molecule has 0 saturated heterocycles. The SMILES string of the molecule is CCc1ccc(NC(N)=NCC(=O)Nc2cccc(CC)c2)cc1. The Morgan fingerprint density at radius 1 is 0.958 bits per heavy atom. The van der Waals surface area contributed by atoms with Gasteiger partial charge in [0.1, 0.15) is 6.54 Å². The van der Waals surface area contributed by atoms with Crippen LogP contribution in [0.5, 0.6) is 0 Å². The summed E-state index contributed by atoms with van der Waals surface area (Å²) in [6, 6.07) is 15.7. The summed E-state index contributed by atoms with van der Waals surface area (Å²) in [4.78, 5) is 16.0. The molecule has 126 valence electrons. The van der Waals surface area contributed by atoms with E-state index in [4.69, 9.17) is 5.73 Å². The Morgan fingerprint density at radius 3 is 2.33 bits per heavy atom. The maximum atomic E-state index is 12.0. The molecule has 5 nitrogen and oxygen atoms in total. The number of nitrogens with one attached hydrogen (secondary N) is 2. The fraction of sp³-hybridized carbons (Fsp3) is 0.263. The average Bonchev–Trinajstić information content (AvgIpc) is 2.61. The number of benzene rings is 2. The van der Waals surface area contributed by atoms with Gasteiger partial charge in [-0.3, -0.25) is 4.79 Å². The summed E-state index contributed by atoms with van der Waals surface area (Å²) in [7, 11) is 0. The van der Waals surface area contributed by atoms with Crippen molar-refractivity contribution in [1.82, 2.24) is 0 Å². The number of guanidine groups is 1. The van der Waals surface area contributed by atoms with E-state index in [0.29, 0.717) is 0 Å². The Balaban J connectivity index is 1.87. The van der Waals surface area contributed by atoms with Gasteiger partial charge in [0.05, 0.1) is 0 Å². The normalized spacial score (nSPS) is 11.2. The Bertz CT molecular complexity index is 708. The highest BCUT2D eigenvalue weighted by atomic mass is 16.1. The van der Waals surface area contributed by atoms with Crippen LogP contribution in [-0.2, 0) is 17.6 Å². The van der Waals surface area contributed by atoms with Crippen molar-refractivity contribution in [2.45, 2.75) is 26.7 Å². The fourth-order valence-electron chi connectivity index (χ4n) is 2.24. The van der Waals surface area contributed by atoms with Gasteiger partial charge in [0, 0.05) is 11.4 Å². The maximum absolute atomic E-state index is 12.0. The molecule has 0 aliphatic heterocycles. The number of nitrogens with two attached hydrogens (primary N) is 1. The van der Waals surface area contributed by atoms with Crippen LogP contribution >= 0.6 is 0 Å². The number of aliphatic imine (C=N–C) groups is 1. The number of hydrogen-bond donors (Lipinski definition) is 3. The van der Waals surface area contributed by atoms with Gasteiger partial charge in [-0.25, -0.2) is 4.99 Å². The summed E-state index contributed by atoms with van der Waals surface area (Å²) in [5, 5.41) is 5.80. The lowest BCUT2D eigenvalue weighted by molar-refractivity contribution is -0.114. The minimum atomic E-state index is -0.200. The fourth-order valence-corrected chi connectivity index (χ4v) is 2.24. The van der Waals surface area contributed by atoms with Gasteiger partial charge in [-0.05, 0) is 48.2 Å². The molecule has 2 rings (SSSR count). The molecular formula is C19H24N4O. The molecule has 4 N–H and O–H groups in total. The van der Waals surface area contributed by atoms with Crippen molar-refractivity contribution in [2.24, 2.45) is 10.7 Å². The quantitative estimate of drug-likeness (QED) is 0.564. The second kappa shape index (κ2) is 8.72. The first-order valence-corrected chi connectivity index (χ1v) is 8.15. The molecule has 0 unspecified atom stereocenters. The van der Waals surface area contributed by atoms with Gasteiger partial charge in [-0.2, -0.15) is 0 Å². The molecular weight excluding hydrogens is 300 g/mol. The zero-order valence-electron chi connectivity index (χ0n) is 14.2. The van der Waals surface area contributed by atoms with Crippen molar-refractivity contribution in [3.05, 3.63) is 59.7 Å². The Morgan fingerprint density at radius 2 is 1.67 bits per heavy atom. The van der Waals surface area contributed by atoms with E-state index >= 15 is 0 Å². The van der Waals surface area contributed by atoms with Crippen LogP contribution in [0, 0.1) is 0 Å². The van der Waals surface area contributed by atoms with Crippen LogP contribution in [0.4, 0.5) is 11.4 Å². The smallest absolute Gasteiger partial charge is 0.246 e. The average molecular weight is 324 g/mol. The van der Waals surface area contributed by atoms with Crippen molar-refractivity contribution >= 4 is 23.2 Å². The first kappa shape index (κ1) is 17.5. The van der Waals surface area contributed by atoms with Crippen LogP contribution in [0.3, 0.4) is 0 Å². The molecule has 0 saturated carbocycles. The minimum Gasteiger partial charge on any atom is -0.370 e. The topological polar surface area (TPSA) is 79.5 Å². The van der Waals surface area contributed by atoms with Crippen LogP contribution in [0.1, 0.15) is 25.0 Å². The van der Waals surface area contributed by atoms with Gasteiger partial charge in [0.2, 0.25) is 5.91 Å². The summed E-state index contributed by atoms with van der Waals surface area (Å²) in [5.41, 5.74) is 9.88. The first-order valence-electron chi connectivity index (χ1n) is 8.15. The zero-order chi connectivity index (χ0) is 17.4. The first-order chi connectivity index (χ1) is 11.6. The van der Waals surface area contributed by atoms with E-state index in [1.165, 1.54) is 11.1 Å². The van der Waals surface area contributed by atoms with Crippen molar-refractivity contribution < 1.29 is 4.79 Å². The van der Waals surface area contributed by atoms with E-state index in [1.807, 2.05) is 48.5 Å². The number of rotatable bonds is 6. The highest BCUT2D eigenvalue weighted by Gasteiger charge is 2.03. The van der Waals surface area contributed by atoms with Gasteiger partial charge in [-0.1, -0.05) is 38.1 Å². The number of aryl methyl sites for hydroxylation is 2. The summed E-state index contributed by atoms with van der Waals surface area (Å²) in [6.07, 6.45) is 1.92. The molecule has 0 bridgehead atoms. The highest BCUT2D eigenvalue weighted by Crippen LogP contribution is 2.11. The molecule has 0 spiro atoms. The van der Waals surface area contributed by atoms with Gasteiger partial charge in [-0.15, -0.1) is 0 Å². The maximum Gasteiger partial charge on any atom is 0.246 e. The molecule has 24 heavy (non-hydrogen) atoms. The summed E-state index contributed by atoms with van der Waals surface area (Å²) >= 11 is 0. The number of amides is 1.